The molecule has 4 heteroatoms. The van der Waals surface area contributed by atoms with Crippen LogP contribution in [0.25, 0.3) is 0 Å². The monoisotopic (exact) mass is 269 g/mol. The molecule has 0 spiro atoms. The van der Waals surface area contributed by atoms with Crippen molar-refractivity contribution >= 4 is 21.9 Å². The van der Waals surface area contributed by atoms with Crippen LogP contribution < -0.4 is 5.32 Å². The Morgan fingerprint density at radius 3 is 2.93 bits per heavy atom. The van der Waals surface area contributed by atoms with Gasteiger partial charge in [-0.3, -0.25) is 4.79 Å². The summed E-state index contributed by atoms with van der Waals surface area (Å²) >= 11 is 3.40. The largest absolute Gasteiger partial charge is 0.481 e. The Morgan fingerprint density at radius 2 is 2.27 bits per heavy atom. The molecule has 1 saturated heterocycles. The number of rotatable bonds is 2. The lowest BCUT2D eigenvalue weighted by molar-refractivity contribution is -0.141. The fourth-order valence-electron chi connectivity index (χ4n) is 2.03. The second kappa shape index (κ2) is 4.33. The molecular formula is C11H12BrNO2. The summed E-state index contributed by atoms with van der Waals surface area (Å²) in [5, 5.41) is 12.2. The van der Waals surface area contributed by atoms with Gasteiger partial charge in [-0.2, -0.15) is 0 Å². The molecule has 3 nitrogen and oxygen atoms in total. The molecule has 1 aromatic carbocycles. The van der Waals surface area contributed by atoms with Gasteiger partial charge in [0.2, 0.25) is 0 Å². The maximum atomic E-state index is 11.0. The van der Waals surface area contributed by atoms with E-state index in [-0.39, 0.29) is 11.8 Å². The summed E-state index contributed by atoms with van der Waals surface area (Å²) < 4.78 is 0.996. The van der Waals surface area contributed by atoms with E-state index in [1.165, 1.54) is 0 Å². The molecule has 0 radical (unpaired) electrons. The molecule has 1 fully saturated rings. The zero-order valence-electron chi connectivity index (χ0n) is 8.11. The molecule has 80 valence electrons. The zero-order chi connectivity index (χ0) is 10.8. The number of carbonyl (C=O) groups is 1. The summed E-state index contributed by atoms with van der Waals surface area (Å²) in [5.41, 5.74) is 1.08. The van der Waals surface area contributed by atoms with Crippen LogP contribution in [-0.4, -0.2) is 24.2 Å². The fraction of sp³-hybridized carbons (Fsp3) is 0.364. The van der Waals surface area contributed by atoms with Gasteiger partial charge in [-0.15, -0.1) is 0 Å². The van der Waals surface area contributed by atoms with Crippen LogP contribution in [0.4, 0.5) is 0 Å². The van der Waals surface area contributed by atoms with Gasteiger partial charge in [0.25, 0.3) is 0 Å². The zero-order valence-corrected chi connectivity index (χ0v) is 9.70. The van der Waals surface area contributed by atoms with Crippen molar-refractivity contribution in [2.45, 2.75) is 5.92 Å². The van der Waals surface area contributed by atoms with E-state index < -0.39 is 5.97 Å². The molecule has 1 aliphatic heterocycles. The van der Waals surface area contributed by atoms with Gasteiger partial charge in [-0.1, -0.05) is 28.1 Å². The first kappa shape index (κ1) is 10.6. The molecule has 2 rings (SSSR count). The summed E-state index contributed by atoms with van der Waals surface area (Å²) in [7, 11) is 0. The average Bonchev–Trinajstić information content (AvgIpc) is 2.65. The van der Waals surface area contributed by atoms with Gasteiger partial charge in [0.05, 0.1) is 5.92 Å². The lowest BCUT2D eigenvalue weighted by atomic mass is 9.89. The first-order chi connectivity index (χ1) is 7.18. The predicted octanol–water partition coefficient (Wildman–Crippen LogP) is 1.84. The van der Waals surface area contributed by atoms with Crippen molar-refractivity contribution in [1.29, 1.82) is 0 Å². The Bertz CT molecular complexity index is 381. The van der Waals surface area contributed by atoms with E-state index in [1.807, 2.05) is 24.3 Å². The molecule has 2 unspecified atom stereocenters. The van der Waals surface area contributed by atoms with Gasteiger partial charge < -0.3 is 10.4 Å². The number of carboxylic acid groups (broad SMARTS) is 1. The Balaban J connectivity index is 2.26. The third kappa shape index (κ3) is 2.21. The normalized spacial score (nSPS) is 25.4. The predicted molar refractivity (Wildman–Crippen MR) is 60.9 cm³/mol. The van der Waals surface area contributed by atoms with Gasteiger partial charge in [0.1, 0.15) is 0 Å². The highest BCUT2D eigenvalue weighted by Gasteiger charge is 2.33. The molecule has 2 N–H and O–H groups in total. The molecule has 0 aromatic heterocycles. The fourth-order valence-corrected chi connectivity index (χ4v) is 2.44. The van der Waals surface area contributed by atoms with Crippen LogP contribution in [0, 0.1) is 5.92 Å². The van der Waals surface area contributed by atoms with Crippen molar-refractivity contribution < 1.29 is 9.90 Å². The molecule has 15 heavy (non-hydrogen) atoms. The number of aliphatic carboxylic acids is 1. The lowest BCUT2D eigenvalue weighted by Crippen LogP contribution is -2.20. The third-order valence-electron chi connectivity index (χ3n) is 2.81. The van der Waals surface area contributed by atoms with Gasteiger partial charge in [-0.25, -0.2) is 0 Å². The van der Waals surface area contributed by atoms with Crippen molar-refractivity contribution in [3.05, 3.63) is 34.3 Å². The highest BCUT2D eigenvalue weighted by atomic mass is 79.9. The first-order valence-corrected chi connectivity index (χ1v) is 5.67. The molecule has 0 aliphatic carbocycles. The van der Waals surface area contributed by atoms with Crippen LogP contribution >= 0.6 is 15.9 Å². The van der Waals surface area contributed by atoms with Crippen molar-refractivity contribution in [3.8, 4) is 0 Å². The van der Waals surface area contributed by atoms with Crippen molar-refractivity contribution in [3.63, 3.8) is 0 Å². The number of hydrogen-bond donors (Lipinski definition) is 2. The number of halogens is 1. The molecule has 0 bridgehead atoms. The second-order valence-corrected chi connectivity index (χ2v) is 4.68. The van der Waals surface area contributed by atoms with E-state index in [4.69, 9.17) is 5.11 Å². The summed E-state index contributed by atoms with van der Waals surface area (Å²) in [6, 6.07) is 7.87. The third-order valence-corrected chi connectivity index (χ3v) is 3.30. The number of carboxylic acids is 1. The van der Waals surface area contributed by atoms with Crippen LogP contribution in [0.1, 0.15) is 11.5 Å². The number of nitrogens with one attached hydrogen (secondary N) is 1. The van der Waals surface area contributed by atoms with Crippen LogP contribution in [-0.2, 0) is 4.79 Å². The van der Waals surface area contributed by atoms with Crippen LogP contribution in [0.3, 0.4) is 0 Å². The maximum absolute atomic E-state index is 11.0. The van der Waals surface area contributed by atoms with Gasteiger partial charge in [-0.05, 0) is 17.7 Å². The highest BCUT2D eigenvalue weighted by molar-refractivity contribution is 9.10. The average molecular weight is 270 g/mol. The maximum Gasteiger partial charge on any atom is 0.308 e. The molecular weight excluding hydrogens is 258 g/mol. The van der Waals surface area contributed by atoms with Crippen molar-refractivity contribution in [2.24, 2.45) is 5.92 Å². The van der Waals surface area contributed by atoms with Gasteiger partial charge >= 0.3 is 5.97 Å². The molecule has 2 atom stereocenters. The summed E-state index contributed by atoms with van der Waals surface area (Å²) in [6.07, 6.45) is 0. The van der Waals surface area contributed by atoms with E-state index in [9.17, 15) is 4.79 Å². The van der Waals surface area contributed by atoms with Gasteiger partial charge in [0, 0.05) is 23.5 Å². The summed E-state index contributed by atoms with van der Waals surface area (Å²) in [4.78, 5) is 11.0. The summed E-state index contributed by atoms with van der Waals surface area (Å²) in [5.74, 6) is -0.940. The van der Waals surface area contributed by atoms with Crippen LogP contribution in [0.5, 0.6) is 0 Å². The Labute approximate surface area is 96.6 Å². The summed E-state index contributed by atoms with van der Waals surface area (Å²) in [6.45, 7) is 1.31. The van der Waals surface area contributed by atoms with E-state index in [1.54, 1.807) is 0 Å². The topological polar surface area (TPSA) is 49.3 Å². The smallest absolute Gasteiger partial charge is 0.308 e. The van der Waals surface area contributed by atoms with E-state index >= 15 is 0 Å². The molecule has 0 saturated carbocycles. The molecule has 1 aromatic rings. The SMILES string of the molecule is O=C(O)C1CNCC1c1cccc(Br)c1. The molecule has 1 aliphatic rings. The van der Waals surface area contributed by atoms with E-state index in [0.717, 1.165) is 16.6 Å². The molecule has 1 heterocycles. The lowest BCUT2D eigenvalue weighted by Gasteiger charge is -2.15. The minimum absolute atomic E-state index is 0.0833. The molecule has 0 amide bonds. The highest BCUT2D eigenvalue weighted by Crippen LogP contribution is 2.29. The van der Waals surface area contributed by atoms with Crippen molar-refractivity contribution in [2.75, 3.05) is 13.1 Å². The number of hydrogen-bond acceptors (Lipinski definition) is 2. The van der Waals surface area contributed by atoms with Crippen LogP contribution in [0.2, 0.25) is 0 Å². The van der Waals surface area contributed by atoms with Crippen LogP contribution in [0.15, 0.2) is 28.7 Å². The standard InChI is InChI=1S/C11H12BrNO2/c12-8-3-1-2-7(4-8)9-5-13-6-10(9)11(14)15/h1-4,9-10,13H,5-6H2,(H,14,15). The Kier molecular flexibility index (Phi) is 3.07. The van der Waals surface area contributed by atoms with Gasteiger partial charge in [0.15, 0.2) is 0 Å². The second-order valence-electron chi connectivity index (χ2n) is 3.76. The first-order valence-electron chi connectivity index (χ1n) is 4.87. The Hall–Kier alpha value is -0.870. The van der Waals surface area contributed by atoms with Crippen molar-refractivity contribution in [1.82, 2.24) is 5.32 Å². The minimum atomic E-state index is -0.718. The minimum Gasteiger partial charge on any atom is -0.481 e. The number of benzene rings is 1. The van der Waals surface area contributed by atoms with E-state index in [0.29, 0.717) is 6.54 Å². The quantitative estimate of drug-likeness (QED) is 0.862. The Morgan fingerprint density at radius 1 is 1.47 bits per heavy atom. The van der Waals surface area contributed by atoms with E-state index in [2.05, 4.69) is 21.2 Å².